The van der Waals surface area contributed by atoms with Crippen LogP contribution in [0.1, 0.15) is 32.3 Å². The highest BCUT2D eigenvalue weighted by Gasteiger charge is 2.25. The first-order valence-electron chi connectivity index (χ1n) is 6.20. The van der Waals surface area contributed by atoms with Crippen molar-refractivity contribution in [3.8, 4) is 0 Å². The molecule has 0 saturated heterocycles. The van der Waals surface area contributed by atoms with E-state index in [1.165, 1.54) is 6.07 Å². The summed E-state index contributed by atoms with van der Waals surface area (Å²) in [4.78, 5) is 11.5. The van der Waals surface area contributed by atoms with Crippen LogP contribution in [-0.4, -0.2) is 24.2 Å². The first-order chi connectivity index (χ1) is 8.86. The smallest absolute Gasteiger partial charge is 0.220 e. The van der Waals surface area contributed by atoms with Crippen molar-refractivity contribution in [2.24, 2.45) is 0 Å². The van der Waals surface area contributed by atoms with Gasteiger partial charge in [0.2, 0.25) is 5.91 Å². The summed E-state index contributed by atoms with van der Waals surface area (Å²) >= 11 is 3.32. The number of halogens is 2. The summed E-state index contributed by atoms with van der Waals surface area (Å²) in [5.74, 6) is -0.407. The van der Waals surface area contributed by atoms with Crippen LogP contribution in [0.4, 0.5) is 4.39 Å². The van der Waals surface area contributed by atoms with E-state index in [-0.39, 0.29) is 24.8 Å². The fourth-order valence-corrected chi connectivity index (χ4v) is 2.12. The van der Waals surface area contributed by atoms with E-state index in [1.807, 2.05) is 13.8 Å². The highest BCUT2D eigenvalue weighted by Crippen LogP contribution is 2.27. The van der Waals surface area contributed by atoms with Crippen LogP contribution in [0.3, 0.4) is 0 Å². The molecule has 0 unspecified atom stereocenters. The Morgan fingerprint density at radius 1 is 1.47 bits per heavy atom. The predicted octanol–water partition coefficient (Wildman–Crippen LogP) is 2.75. The molecule has 1 aromatic carbocycles. The lowest BCUT2D eigenvalue weighted by molar-refractivity contribution is -0.121. The number of nitrogens with one attached hydrogen (secondary N) is 1. The van der Waals surface area contributed by atoms with Gasteiger partial charge in [-0.05, 0) is 30.2 Å². The number of carbonyl (C=O) groups is 1. The van der Waals surface area contributed by atoms with E-state index < -0.39 is 5.41 Å². The van der Waals surface area contributed by atoms with Crippen LogP contribution in [0.15, 0.2) is 22.7 Å². The average Bonchev–Trinajstić information content (AvgIpc) is 2.36. The number of benzene rings is 1. The second-order valence-electron chi connectivity index (χ2n) is 5.11. The summed E-state index contributed by atoms with van der Waals surface area (Å²) in [5, 5.41) is 11.4. The minimum Gasteiger partial charge on any atom is -0.396 e. The van der Waals surface area contributed by atoms with Crippen molar-refractivity contribution >= 4 is 21.8 Å². The van der Waals surface area contributed by atoms with E-state index in [1.54, 1.807) is 12.1 Å². The molecule has 1 amide bonds. The molecule has 1 aromatic rings. The van der Waals surface area contributed by atoms with Gasteiger partial charge in [-0.15, -0.1) is 0 Å². The van der Waals surface area contributed by atoms with E-state index in [0.29, 0.717) is 18.5 Å². The largest absolute Gasteiger partial charge is 0.396 e. The molecule has 0 radical (unpaired) electrons. The molecule has 106 valence electrons. The molecule has 0 aliphatic carbocycles. The van der Waals surface area contributed by atoms with Gasteiger partial charge in [0.1, 0.15) is 5.82 Å². The molecule has 0 spiro atoms. The van der Waals surface area contributed by atoms with Gasteiger partial charge in [-0.3, -0.25) is 4.79 Å². The molecule has 0 atom stereocenters. The highest BCUT2D eigenvalue weighted by molar-refractivity contribution is 9.10. The summed E-state index contributed by atoms with van der Waals surface area (Å²) < 4.78 is 14.6. The molecular weight excluding hydrogens is 313 g/mol. The van der Waals surface area contributed by atoms with Crippen LogP contribution in [0.25, 0.3) is 0 Å². The Labute approximate surface area is 121 Å². The molecule has 0 aromatic heterocycles. The lowest BCUT2D eigenvalue weighted by Gasteiger charge is -2.26. The zero-order valence-electron chi connectivity index (χ0n) is 11.2. The molecule has 0 aliphatic heterocycles. The van der Waals surface area contributed by atoms with Gasteiger partial charge >= 0.3 is 0 Å². The molecule has 3 nitrogen and oxygen atoms in total. The maximum Gasteiger partial charge on any atom is 0.220 e. The third-order valence-corrected chi connectivity index (χ3v) is 3.44. The number of aliphatic hydroxyl groups is 1. The summed E-state index contributed by atoms with van der Waals surface area (Å²) in [6.45, 7) is 4.11. The molecule has 0 heterocycles. The zero-order valence-corrected chi connectivity index (χ0v) is 12.8. The molecular formula is C14H19BrFNO2. The third-order valence-electron chi connectivity index (χ3n) is 2.95. The van der Waals surface area contributed by atoms with Crippen molar-refractivity contribution in [1.82, 2.24) is 5.32 Å². The van der Waals surface area contributed by atoms with Crippen molar-refractivity contribution in [3.05, 3.63) is 34.1 Å². The predicted molar refractivity (Wildman–Crippen MR) is 76.5 cm³/mol. The van der Waals surface area contributed by atoms with Crippen LogP contribution in [0.2, 0.25) is 0 Å². The molecule has 5 heteroatoms. The second-order valence-corrected chi connectivity index (χ2v) is 6.03. The second kappa shape index (κ2) is 7.01. The van der Waals surface area contributed by atoms with Crippen LogP contribution in [0, 0.1) is 5.82 Å². The van der Waals surface area contributed by atoms with Gasteiger partial charge in [-0.25, -0.2) is 4.39 Å². The highest BCUT2D eigenvalue weighted by atomic mass is 79.9. The molecule has 0 aliphatic rings. The first-order valence-corrected chi connectivity index (χ1v) is 6.99. The van der Waals surface area contributed by atoms with E-state index in [9.17, 15) is 9.18 Å². The Morgan fingerprint density at radius 3 is 2.79 bits per heavy atom. The Morgan fingerprint density at radius 2 is 2.16 bits per heavy atom. The van der Waals surface area contributed by atoms with E-state index in [2.05, 4.69) is 21.2 Å². The van der Waals surface area contributed by atoms with E-state index >= 15 is 0 Å². The van der Waals surface area contributed by atoms with Gasteiger partial charge in [-0.2, -0.15) is 0 Å². The van der Waals surface area contributed by atoms with Gasteiger partial charge in [0.15, 0.2) is 0 Å². The Hall–Kier alpha value is -0.940. The molecule has 0 bridgehead atoms. The Bertz CT molecular complexity index is 449. The lowest BCUT2D eigenvalue weighted by atomic mass is 9.84. The van der Waals surface area contributed by atoms with Crippen molar-refractivity contribution < 1.29 is 14.3 Å². The van der Waals surface area contributed by atoms with Crippen molar-refractivity contribution in [3.63, 3.8) is 0 Å². The fraction of sp³-hybridized carbons (Fsp3) is 0.500. The monoisotopic (exact) mass is 331 g/mol. The number of hydrogen-bond acceptors (Lipinski definition) is 2. The summed E-state index contributed by atoms with van der Waals surface area (Å²) in [5.41, 5.74) is 0.0623. The van der Waals surface area contributed by atoms with Gasteiger partial charge in [-0.1, -0.05) is 29.8 Å². The number of rotatable bonds is 6. The van der Waals surface area contributed by atoms with E-state index in [0.717, 1.165) is 4.47 Å². The SMILES string of the molecule is CC(C)(CNC(=O)CCCO)c1cc(Br)ccc1F. The standard InChI is InChI=1S/C14H19BrFNO2/c1-14(2,9-17-13(19)4-3-7-18)11-8-10(15)5-6-12(11)16/h5-6,8,18H,3-4,7,9H2,1-2H3,(H,17,19). The maximum absolute atomic E-state index is 13.8. The van der Waals surface area contributed by atoms with Crippen LogP contribution in [-0.2, 0) is 10.2 Å². The first kappa shape index (κ1) is 16.1. The molecule has 0 fully saturated rings. The molecule has 1 rings (SSSR count). The molecule has 0 saturated carbocycles. The van der Waals surface area contributed by atoms with Crippen LogP contribution in [0.5, 0.6) is 0 Å². The number of amides is 1. The lowest BCUT2D eigenvalue weighted by Crippen LogP contribution is -2.37. The summed E-state index contributed by atoms with van der Waals surface area (Å²) in [6.07, 6.45) is 0.727. The van der Waals surface area contributed by atoms with E-state index in [4.69, 9.17) is 5.11 Å². The summed E-state index contributed by atoms with van der Waals surface area (Å²) in [7, 11) is 0. The third kappa shape index (κ3) is 4.91. The minimum atomic E-state index is -0.497. The topological polar surface area (TPSA) is 49.3 Å². The number of carbonyl (C=O) groups excluding carboxylic acids is 1. The average molecular weight is 332 g/mol. The van der Waals surface area contributed by atoms with Crippen LogP contribution < -0.4 is 5.32 Å². The Balaban J connectivity index is 2.70. The van der Waals surface area contributed by atoms with Crippen molar-refractivity contribution in [1.29, 1.82) is 0 Å². The normalized spacial score (nSPS) is 11.4. The molecule has 19 heavy (non-hydrogen) atoms. The Kier molecular flexibility index (Phi) is 5.94. The van der Waals surface area contributed by atoms with Crippen molar-refractivity contribution in [2.75, 3.05) is 13.2 Å². The minimum absolute atomic E-state index is 0.00290. The summed E-state index contributed by atoms with van der Waals surface area (Å²) in [6, 6.07) is 4.79. The fourth-order valence-electron chi connectivity index (χ4n) is 1.76. The number of aliphatic hydroxyl groups excluding tert-OH is 1. The van der Waals surface area contributed by atoms with Crippen LogP contribution >= 0.6 is 15.9 Å². The van der Waals surface area contributed by atoms with Gasteiger partial charge in [0, 0.05) is 29.5 Å². The van der Waals surface area contributed by atoms with Crippen molar-refractivity contribution in [2.45, 2.75) is 32.1 Å². The van der Waals surface area contributed by atoms with Gasteiger partial charge in [0.25, 0.3) is 0 Å². The quantitative estimate of drug-likeness (QED) is 0.842. The van der Waals surface area contributed by atoms with Gasteiger partial charge in [0.05, 0.1) is 0 Å². The van der Waals surface area contributed by atoms with Gasteiger partial charge < -0.3 is 10.4 Å². The number of hydrogen-bond donors (Lipinski definition) is 2. The molecule has 2 N–H and O–H groups in total. The zero-order chi connectivity index (χ0) is 14.5. The maximum atomic E-state index is 13.8.